The molecule has 0 spiro atoms. The van der Waals surface area contributed by atoms with Gasteiger partial charge in [-0.05, 0) is 54.8 Å². The first-order valence-corrected chi connectivity index (χ1v) is 8.43. The summed E-state index contributed by atoms with van der Waals surface area (Å²) in [5, 5.41) is 5.70. The molecule has 5 heteroatoms. The smallest absolute Gasteiger partial charge is 0.251 e. The molecule has 2 amide bonds. The molecule has 132 valence electrons. The molecular weight excluding hydrogens is 316 g/mol. The highest BCUT2D eigenvalue weighted by Gasteiger charge is 2.08. The number of methoxy groups -OCH3 is 1. The van der Waals surface area contributed by atoms with Gasteiger partial charge >= 0.3 is 0 Å². The van der Waals surface area contributed by atoms with E-state index in [2.05, 4.69) is 10.6 Å². The normalized spacial score (nSPS) is 10.2. The number of hydrogen-bond acceptors (Lipinski definition) is 3. The largest absolute Gasteiger partial charge is 0.497 e. The average Bonchev–Trinajstić information content (AvgIpc) is 2.66. The van der Waals surface area contributed by atoms with Crippen LogP contribution in [0, 0.1) is 0 Å². The van der Waals surface area contributed by atoms with Gasteiger partial charge in [0.1, 0.15) is 5.75 Å². The van der Waals surface area contributed by atoms with Gasteiger partial charge in [-0.3, -0.25) is 9.59 Å². The molecule has 0 bridgehead atoms. The van der Waals surface area contributed by atoms with Crippen molar-refractivity contribution in [1.29, 1.82) is 0 Å². The van der Waals surface area contributed by atoms with Gasteiger partial charge in [-0.25, -0.2) is 0 Å². The third-order valence-electron chi connectivity index (χ3n) is 3.78. The third kappa shape index (κ3) is 5.64. The van der Waals surface area contributed by atoms with Crippen molar-refractivity contribution >= 4 is 11.8 Å². The van der Waals surface area contributed by atoms with Gasteiger partial charge < -0.3 is 15.4 Å². The summed E-state index contributed by atoms with van der Waals surface area (Å²) in [6.07, 6.45) is 1.61. The van der Waals surface area contributed by atoms with Crippen LogP contribution in [-0.4, -0.2) is 32.0 Å². The quantitative estimate of drug-likeness (QED) is 0.776. The molecule has 0 aliphatic carbocycles. The number of ether oxygens (including phenoxy) is 1. The SMILES string of the molecule is CCCNC(=O)c1ccc(C(=O)NCCc2cccc(OC)c2)cc1. The highest BCUT2D eigenvalue weighted by Crippen LogP contribution is 2.12. The number of benzene rings is 2. The van der Waals surface area contributed by atoms with Crippen LogP contribution in [-0.2, 0) is 6.42 Å². The van der Waals surface area contributed by atoms with Gasteiger partial charge in [-0.1, -0.05) is 19.1 Å². The van der Waals surface area contributed by atoms with Gasteiger partial charge in [0.2, 0.25) is 0 Å². The van der Waals surface area contributed by atoms with E-state index in [1.165, 1.54) is 0 Å². The van der Waals surface area contributed by atoms with E-state index in [1.54, 1.807) is 31.4 Å². The highest BCUT2D eigenvalue weighted by molar-refractivity contribution is 5.97. The lowest BCUT2D eigenvalue weighted by Gasteiger charge is -2.08. The molecule has 0 fully saturated rings. The van der Waals surface area contributed by atoms with Gasteiger partial charge in [0.15, 0.2) is 0 Å². The Labute approximate surface area is 148 Å². The Kier molecular flexibility index (Phi) is 7.01. The number of hydrogen-bond donors (Lipinski definition) is 2. The molecule has 2 aromatic rings. The molecule has 0 atom stereocenters. The number of carbonyl (C=O) groups is 2. The molecule has 0 unspecified atom stereocenters. The Morgan fingerprint density at radius 1 is 0.920 bits per heavy atom. The van der Waals surface area contributed by atoms with Crippen LogP contribution < -0.4 is 15.4 Å². The molecule has 0 aliphatic rings. The summed E-state index contributed by atoms with van der Waals surface area (Å²) in [7, 11) is 1.63. The summed E-state index contributed by atoms with van der Waals surface area (Å²) >= 11 is 0. The van der Waals surface area contributed by atoms with Gasteiger partial charge in [-0.2, -0.15) is 0 Å². The molecule has 0 radical (unpaired) electrons. The second kappa shape index (κ2) is 9.47. The number of nitrogens with one attached hydrogen (secondary N) is 2. The predicted octanol–water partition coefficient (Wildman–Crippen LogP) is 2.81. The molecule has 0 heterocycles. The van der Waals surface area contributed by atoms with Gasteiger partial charge in [0.05, 0.1) is 7.11 Å². The molecule has 2 rings (SSSR count). The van der Waals surface area contributed by atoms with E-state index in [4.69, 9.17) is 4.74 Å². The molecule has 2 N–H and O–H groups in total. The zero-order chi connectivity index (χ0) is 18.1. The van der Waals surface area contributed by atoms with E-state index >= 15 is 0 Å². The fourth-order valence-corrected chi connectivity index (χ4v) is 2.36. The Balaban J connectivity index is 1.85. The molecular formula is C20H24N2O3. The lowest BCUT2D eigenvalue weighted by Crippen LogP contribution is -2.26. The Hall–Kier alpha value is -2.82. The van der Waals surface area contributed by atoms with Crippen molar-refractivity contribution in [2.24, 2.45) is 0 Å². The molecule has 2 aromatic carbocycles. The van der Waals surface area contributed by atoms with Crippen LogP contribution in [0.2, 0.25) is 0 Å². The first-order valence-electron chi connectivity index (χ1n) is 8.43. The monoisotopic (exact) mass is 340 g/mol. The molecule has 25 heavy (non-hydrogen) atoms. The minimum Gasteiger partial charge on any atom is -0.497 e. The van der Waals surface area contributed by atoms with Crippen molar-refractivity contribution in [3.05, 3.63) is 65.2 Å². The van der Waals surface area contributed by atoms with Crippen molar-refractivity contribution in [1.82, 2.24) is 10.6 Å². The van der Waals surface area contributed by atoms with E-state index in [0.29, 0.717) is 24.2 Å². The minimum absolute atomic E-state index is 0.119. The van der Waals surface area contributed by atoms with E-state index in [0.717, 1.165) is 24.2 Å². The van der Waals surface area contributed by atoms with Crippen LogP contribution >= 0.6 is 0 Å². The topological polar surface area (TPSA) is 67.4 Å². The maximum absolute atomic E-state index is 12.2. The zero-order valence-corrected chi connectivity index (χ0v) is 14.7. The van der Waals surface area contributed by atoms with E-state index in [-0.39, 0.29) is 11.8 Å². The Morgan fingerprint density at radius 3 is 2.08 bits per heavy atom. The van der Waals surface area contributed by atoms with Crippen molar-refractivity contribution in [2.45, 2.75) is 19.8 Å². The number of carbonyl (C=O) groups excluding carboxylic acids is 2. The van der Waals surface area contributed by atoms with Crippen LogP contribution in [0.15, 0.2) is 48.5 Å². The minimum atomic E-state index is -0.150. The van der Waals surface area contributed by atoms with Gasteiger partial charge in [0.25, 0.3) is 11.8 Å². The lowest BCUT2D eigenvalue weighted by atomic mass is 10.1. The van der Waals surface area contributed by atoms with Crippen LogP contribution in [0.25, 0.3) is 0 Å². The maximum Gasteiger partial charge on any atom is 0.251 e. The van der Waals surface area contributed by atoms with Crippen LogP contribution in [0.4, 0.5) is 0 Å². The van der Waals surface area contributed by atoms with Crippen molar-refractivity contribution in [3.8, 4) is 5.75 Å². The van der Waals surface area contributed by atoms with Crippen molar-refractivity contribution < 1.29 is 14.3 Å². The van der Waals surface area contributed by atoms with Crippen molar-refractivity contribution in [2.75, 3.05) is 20.2 Å². The Bertz CT molecular complexity index is 711. The molecule has 0 saturated carbocycles. The number of rotatable bonds is 8. The lowest BCUT2D eigenvalue weighted by molar-refractivity contribution is 0.0942. The zero-order valence-electron chi connectivity index (χ0n) is 14.7. The van der Waals surface area contributed by atoms with Gasteiger partial charge in [-0.15, -0.1) is 0 Å². The summed E-state index contributed by atoms with van der Waals surface area (Å²) in [6, 6.07) is 14.4. The predicted molar refractivity (Wildman–Crippen MR) is 98.1 cm³/mol. The summed E-state index contributed by atoms with van der Waals surface area (Å²) in [6.45, 7) is 3.18. The average molecular weight is 340 g/mol. The third-order valence-corrected chi connectivity index (χ3v) is 3.78. The van der Waals surface area contributed by atoms with E-state index in [1.807, 2.05) is 31.2 Å². The molecule has 0 aliphatic heterocycles. The Morgan fingerprint density at radius 2 is 1.52 bits per heavy atom. The number of amides is 2. The second-order valence-electron chi connectivity index (χ2n) is 5.69. The highest BCUT2D eigenvalue weighted by atomic mass is 16.5. The second-order valence-corrected chi connectivity index (χ2v) is 5.69. The summed E-state index contributed by atoms with van der Waals surface area (Å²) in [5.41, 5.74) is 2.20. The van der Waals surface area contributed by atoms with Crippen LogP contribution in [0.1, 0.15) is 39.6 Å². The summed E-state index contributed by atoms with van der Waals surface area (Å²) < 4.78 is 5.19. The summed E-state index contributed by atoms with van der Waals surface area (Å²) in [5.74, 6) is 0.538. The first kappa shape index (κ1) is 18.5. The summed E-state index contributed by atoms with van der Waals surface area (Å²) in [4.78, 5) is 24.0. The standard InChI is InChI=1S/C20H24N2O3/c1-3-12-21-19(23)16-7-9-17(10-8-16)20(24)22-13-11-15-5-4-6-18(14-15)25-2/h4-10,14H,3,11-13H2,1-2H3,(H,21,23)(H,22,24). The fourth-order valence-electron chi connectivity index (χ4n) is 2.36. The molecule has 0 saturated heterocycles. The van der Waals surface area contributed by atoms with Crippen LogP contribution in [0.5, 0.6) is 5.75 Å². The van der Waals surface area contributed by atoms with Gasteiger partial charge in [0, 0.05) is 24.2 Å². The van der Waals surface area contributed by atoms with E-state index in [9.17, 15) is 9.59 Å². The van der Waals surface area contributed by atoms with E-state index < -0.39 is 0 Å². The molecule has 5 nitrogen and oxygen atoms in total. The fraction of sp³-hybridized carbons (Fsp3) is 0.300. The molecule has 0 aromatic heterocycles. The first-order chi connectivity index (χ1) is 12.1. The van der Waals surface area contributed by atoms with Crippen LogP contribution in [0.3, 0.4) is 0 Å². The maximum atomic E-state index is 12.2. The van der Waals surface area contributed by atoms with Crippen molar-refractivity contribution in [3.63, 3.8) is 0 Å².